The molecular formula is C77H150O17P2. The van der Waals surface area contributed by atoms with Gasteiger partial charge in [0.1, 0.15) is 19.3 Å². The normalized spacial score (nSPS) is 14.1. The summed E-state index contributed by atoms with van der Waals surface area (Å²) in [5.74, 6) is 0.169. The van der Waals surface area contributed by atoms with Gasteiger partial charge >= 0.3 is 39.5 Å². The summed E-state index contributed by atoms with van der Waals surface area (Å²) in [5, 5.41) is 10.6. The van der Waals surface area contributed by atoms with E-state index in [4.69, 9.17) is 37.0 Å². The van der Waals surface area contributed by atoms with Gasteiger partial charge in [-0.15, -0.1) is 0 Å². The molecule has 570 valence electrons. The van der Waals surface area contributed by atoms with Crippen molar-refractivity contribution < 1.29 is 80.2 Å². The average molecular weight is 1410 g/mol. The van der Waals surface area contributed by atoms with Crippen molar-refractivity contribution in [2.24, 2.45) is 17.8 Å². The highest BCUT2D eigenvalue weighted by Crippen LogP contribution is 2.45. The van der Waals surface area contributed by atoms with Gasteiger partial charge in [-0.25, -0.2) is 9.13 Å². The smallest absolute Gasteiger partial charge is 0.462 e. The fourth-order valence-corrected chi connectivity index (χ4v) is 13.4. The van der Waals surface area contributed by atoms with E-state index in [0.717, 1.165) is 108 Å². The highest BCUT2D eigenvalue weighted by Gasteiger charge is 2.30. The zero-order valence-electron chi connectivity index (χ0n) is 62.8. The molecule has 0 saturated heterocycles. The molecule has 0 bridgehead atoms. The minimum Gasteiger partial charge on any atom is -0.462 e. The quantitative estimate of drug-likeness (QED) is 0.0222. The van der Waals surface area contributed by atoms with Crippen molar-refractivity contribution in [2.75, 3.05) is 39.6 Å². The standard InChI is InChI=1S/C77H150O17P2/c1-8-9-10-11-12-13-14-19-25-31-38-46-53-60-76(81)94-73(65-88-75(80)59-52-45-40-33-36-43-50-57-70(6)7)67-92-96(85,86)90-63-71(78)62-89-95(83,84)91-66-72(64-87-74(79)58-51-44-37-30-27-22-24-29-35-42-49-56-69(4)5)93-77(82)61-54-47-39-32-26-21-18-16-15-17-20-23-28-34-41-48-55-68(2)3/h68-73,78H,8-67H2,1-7H3,(H,83,84)(H,85,86)/t71-,72-,73-/m1/s1. The number of hydrogen-bond donors (Lipinski definition) is 3. The second kappa shape index (κ2) is 67.5. The number of phosphoric acid groups is 2. The van der Waals surface area contributed by atoms with Crippen molar-refractivity contribution in [1.82, 2.24) is 0 Å². The summed E-state index contributed by atoms with van der Waals surface area (Å²) in [6.45, 7) is 11.9. The van der Waals surface area contributed by atoms with E-state index in [1.54, 1.807) is 0 Å². The third-order valence-corrected chi connectivity index (χ3v) is 19.8. The number of esters is 4. The summed E-state index contributed by atoms with van der Waals surface area (Å²) in [6.07, 6.45) is 54.1. The van der Waals surface area contributed by atoms with E-state index in [9.17, 15) is 43.2 Å². The molecular weight excluding hydrogens is 1260 g/mol. The van der Waals surface area contributed by atoms with Crippen LogP contribution >= 0.6 is 15.6 Å². The van der Waals surface area contributed by atoms with Crippen LogP contribution in [0.5, 0.6) is 0 Å². The molecule has 0 rings (SSSR count). The number of ether oxygens (including phenoxy) is 4. The van der Waals surface area contributed by atoms with Crippen molar-refractivity contribution in [3.63, 3.8) is 0 Å². The molecule has 0 aromatic carbocycles. The minimum absolute atomic E-state index is 0.107. The molecule has 19 heteroatoms. The van der Waals surface area contributed by atoms with Crippen LogP contribution in [0.2, 0.25) is 0 Å². The lowest BCUT2D eigenvalue weighted by Crippen LogP contribution is -2.30. The average Bonchev–Trinajstić information content (AvgIpc) is 1.68. The van der Waals surface area contributed by atoms with Crippen LogP contribution < -0.4 is 0 Å². The molecule has 0 aliphatic heterocycles. The molecule has 0 aliphatic carbocycles. The van der Waals surface area contributed by atoms with E-state index in [-0.39, 0.29) is 25.7 Å². The van der Waals surface area contributed by atoms with Gasteiger partial charge in [0.15, 0.2) is 12.2 Å². The summed E-state index contributed by atoms with van der Waals surface area (Å²) in [7, 11) is -9.91. The van der Waals surface area contributed by atoms with Gasteiger partial charge in [-0.05, 0) is 43.4 Å². The SMILES string of the molecule is CCCCCCCCCCCCCCCC(=O)O[C@H](COC(=O)CCCCCCCCCC(C)C)COP(=O)(O)OC[C@H](O)COP(=O)(O)OC[C@@H](COC(=O)CCCCCCCCCCCCCC(C)C)OC(=O)CCCCCCCCCCCCCCCCCCC(C)C. The maximum Gasteiger partial charge on any atom is 0.472 e. The molecule has 0 aromatic rings. The number of aliphatic hydroxyl groups is 1. The number of carbonyl (C=O) groups is 4. The molecule has 0 fully saturated rings. The lowest BCUT2D eigenvalue weighted by molar-refractivity contribution is -0.161. The van der Waals surface area contributed by atoms with Crippen molar-refractivity contribution in [3.8, 4) is 0 Å². The summed E-state index contributed by atoms with van der Waals surface area (Å²) in [4.78, 5) is 72.8. The second-order valence-electron chi connectivity index (χ2n) is 29.2. The van der Waals surface area contributed by atoms with Crippen molar-refractivity contribution in [2.45, 2.75) is 414 Å². The van der Waals surface area contributed by atoms with Crippen LogP contribution in [0, 0.1) is 17.8 Å². The van der Waals surface area contributed by atoms with Crippen LogP contribution in [0.4, 0.5) is 0 Å². The van der Waals surface area contributed by atoms with Gasteiger partial charge in [0, 0.05) is 25.7 Å². The van der Waals surface area contributed by atoms with E-state index in [0.29, 0.717) is 31.6 Å². The molecule has 96 heavy (non-hydrogen) atoms. The van der Waals surface area contributed by atoms with Crippen LogP contribution in [0.1, 0.15) is 395 Å². The van der Waals surface area contributed by atoms with Crippen LogP contribution in [0.25, 0.3) is 0 Å². The fraction of sp³-hybridized carbons (Fsp3) is 0.948. The Morgan fingerprint density at radius 1 is 0.281 bits per heavy atom. The molecule has 0 heterocycles. The predicted molar refractivity (Wildman–Crippen MR) is 391 cm³/mol. The van der Waals surface area contributed by atoms with E-state index >= 15 is 0 Å². The number of carbonyl (C=O) groups excluding carboxylic acids is 4. The van der Waals surface area contributed by atoms with Gasteiger partial charge in [-0.2, -0.15) is 0 Å². The Kier molecular flexibility index (Phi) is 66.2. The molecule has 5 atom stereocenters. The van der Waals surface area contributed by atoms with Crippen LogP contribution in [-0.4, -0.2) is 96.7 Å². The Labute approximate surface area is 588 Å². The van der Waals surface area contributed by atoms with E-state index in [1.165, 1.54) is 199 Å². The maximum absolute atomic E-state index is 13.1. The van der Waals surface area contributed by atoms with Gasteiger partial charge in [0.25, 0.3) is 0 Å². The van der Waals surface area contributed by atoms with Gasteiger partial charge in [0.2, 0.25) is 0 Å². The first kappa shape index (κ1) is 94.1. The molecule has 2 unspecified atom stereocenters. The topological polar surface area (TPSA) is 237 Å². The fourth-order valence-electron chi connectivity index (χ4n) is 11.8. The lowest BCUT2D eigenvalue weighted by atomic mass is 10.0. The third kappa shape index (κ3) is 70.5. The molecule has 0 radical (unpaired) electrons. The number of rotatable bonds is 75. The summed E-state index contributed by atoms with van der Waals surface area (Å²) < 4.78 is 68.6. The van der Waals surface area contributed by atoms with Crippen molar-refractivity contribution in [1.29, 1.82) is 0 Å². The molecule has 0 saturated carbocycles. The third-order valence-electron chi connectivity index (χ3n) is 17.9. The molecule has 0 aliphatic rings. The highest BCUT2D eigenvalue weighted by molar-refractivity contribution is 7.47. The van der Waals surface area contributed by atoms with Crippen LogP contribution in [-0.2, 0) is 65.4 Å². The second-order valence-corrected chi connectivity index (χ2v) is 32.1. The monoisotopic (exact) mass is 1410 g/mol. The highest BCUT2D eigenvalue weighted by atomic mass is 31.2. The Morgan fingerprint density at radius 3 is 0.708 bits per heavy atom. The first-order valence-corrected chi connectivity index (χ1v) is 42.8. The molecule has 0 spiro atoms. The van der Waals surface area contributed by atoms with E-state index in [2.05, 4.69) is 48.5 Å². The Morgan fingerprint density at radius 2 is 0.479 bits per heavy atom. The van der Waals surface area contributed by atoms with Crippen LogP contribution in [0.3, 0.4) is 0 Å². The number of unbranched alkanes of at least 4 members (excludes halogenated alkanes) is 43. The van der Waals surface area contributed by atoms with E-state index in [1.807, 2.05) is 0 Å². The van der Waals surface area contributed by atoms with Gasteiger partial charge in [-0.3, -0.25) is 37.3 Å². The van der Waals surface area contributed by atoms with Gasteiger partial charge < -0.3 is 33.8 Å². The molecule has 0 amide bonds. The number of phosphoric ester groups is 2. The first-order valence-electron chi connectivity index (χ1n) is 39.8. The zero-order chi connectivity index (χ0) is 70.9. The largest absolute Gasteiger partial charge is 0.472 e. The van der Waals surface area contributed by atoms with Crippen molar-refractivity contribution in [3.05, 3.63) is 0 Å². The van der Waals surface area contributed by atoms with Crippen molar-refractivity contribution >= 4 is 39.5 Å². The van der Waals surface area contributed by atoms with E-state index < -0.39 is 97.5 Å². The number of aliphatic hydroxyl groups excluding tert-OH is 1. The molecule has 3 N–H and O–H groups in total. The molecule has 0 aromatic heterocycles. The maximum atomic E-state index is 13.1. The van der Waals surface area contributed by atoms with Crippen LogP contribution in [0.15, 0.2) is 0 Å². The predicted octanol–water partition coefficient (Wildman–Crippen LogP) is 22.6. The van der Waals surface area contributed by atoms with Gasteiger partial charge in [0.05, 0.1) is 26.4 Å². The molecule has 17 nitrogen and oxygen atoms in total. The first-order chi connectivity index (χ1) is 46.2. The Hall–Kier alpha value is -1.94. The number of hydrogen-bond acceptors (Lipinski definition) is 15. The summed E-state index contributed by atoms with van der Waals surface area (Å²) in [5.41, 5.74) is 0. The van der Waals surface area contributed by atoms with Gasteiger partial charge in [-0.1, -0.05) is 344 Å². The minimum atomic E-state index is -4.96. The zero-order valence-corrected chi connectivity index (χ0v) is 64.6. The summed E-state index contributed by atoms with van der Waals surface area (Å²) in [6, 6.07) is 0. The Bertz CT molecular complexity index is 1870. The Balaban J connectivity index is 5.24. The lowest BCUT2D eigenvalue weighted by Gasteiger charge is -2.21. The summed E-state index contributed by atoms with van der Waals surface area (Å²) >= 11 is 0.